The highest BCUT2D eigenvalue weighted by Crippen LogP contribution is 2.29. The zero-order chi connectivity index (χ0) is 21.6. The maximum absolute atomic E-state index is 14.7. The van der Waals surface area contributed by atoms with Gasteiger partial charge in [-0.05, 0) is 42.7 Å². The first-order chi connectivity index (χ1) is 15.1. The van der Waals surface area contributed by atoms with Crippen LogP contribution in [0.5, 0.6) is 11.5 Å². The Hall–Kier alpha value is -2.97. The van der Waals surface area contributed by atoms with Crippen LogP contribution in [-0.2, 0) is 11.3 Å². The Bertz CT molecular complexity index is 1050. The van der Waals surface area contributed by atoms with E-state index in [2.05, 4.69) is 10.3 Å². The molecule has 2 heterocycles. The van der Waals surface area contributed by atoms with E-state index in [1.54, 1.807) is 24.6 Å². The fraction of sp³-hybridized carbons (Fsp3) is 0.304. The van der Waals surface area contributed by atoms with Gasteiger partial charge in [-0.25, -0.2) is 9.37 Å². The molecule has 162 valence electrons. The minimum Gasteiger partial charge on any atom is -0.497 e. The molecule has 1 N–H and O–H groups in total. The minimum absolute atomic E-state index is 0.0593. The summed E-state index contributed by atoms with van der Waals surface area (Å²) in [6, 6.07) is 12.1. The fourth-order valence-electron chi connectivity index (χ4n) is 3.29. The lowest BCUT2D eigenvalue weighted by atomic mass is 10.2. The summed E-state index contributed by atoms with van der Waals surface area (Å²) >= 11 is 1.23. The third kappa shape index (κ3) is 5.39. The van der Waals surface area contributed by atoms with Gasteiger partial charge in [-0.15, -0.1) is 11.3 Å². The summed E-state index contributed by atoms with van der Waals surface area (Å²) in [4.78, 5) is 16.6. The van der Waals surface area contributed by atoms with Crippen molar-refractivity contribution in [2.45, 2.75) is 25.6 Å². The number of nitrogens with zero attached hydrogens (tertiary/aromatic N) is 1. The van der Waals surface area contributed by atoms with Gasteiger partial charge in [0, 0.05) is 30.2 Å². The number of halogens is 1. The van der Waals surface area contributed by atoms with Gasteiger partial charge in [0.1, 0.15) is 34.6 Å². The van der Waals surface area contributed by atoms with E-state index in [1.807, 2.05) is 24.3 Å². The summed E-state index contributed by atoms with van der Waals surface area (Å²) in [5, 5.41) is 4.90. The van der Waals surface area contributed by atoms with Crippen LogP contribution in [0.4, 0.5) is 4.39 Å². The first-order valence-corrected chi connectivity index (χ1v) is 10.9. The second kappa shape index (κ2) is 9.89. The quantitative estimate of drug-likeness (QED) is 0.558. The number of nitrogens with one attached hydrogen (secondary N) is 1. The van der Waals surface area contributed by atoms with Crippen molar-refractivity contribution in [3.63, 3.8) is 0 Å². The van der Waals surface area contributed by atoms with Crippen molar-refractivity contribution in [2.75, 3.05) is 20.3 Å². The number of carbonyl (C=O) groups excluding carboxylic acids is 1. The zero-order valence-electron chi connectivity index (χ0n) is 17.1. The second-order valence-electron chi connectivity index (χ2n) is 7.16. The van der Waals surface area contributed by atoms with Gasteiger partial charge in [-0.2, -0.15) is 0 Å². The Morgan fingerprint density at radius 3 is 2.97 bits per heavy atom. The van der Waals surface area contributed by atoms with Crippen molar-refractivity contribution in [1.29, 1.82) is 0 Å². The Kier molecular flexibility index (Phi) is 6.79. The monoisotopic (exact) mass is 442 g/mol. The molecule has 1 atom stereocenters. The van der Waals surface area contributed by atoms with E-state index in [0.717, 1.165) is 30.8 Å². The maximum atomic E-state index is 14.7. The van der Waals surface area contributed by atoms with Gasteiger partial charge in [0.05, 0.1) is 13.2 Å². The van der Waals surface area contributed by atoms with Gasteiger partial charge >= 0.3 is 0 Å². The first kappa shape index (κ1) is 21.3. The van der Waals surface area contributed by atoms with Crippen LogP contribution in [0.3, 0.4) is 0 Å². The Balaban J connectivity index is 1.38. The van der Waals surface area contributed by atoms with Gasteiger partial charge in [0.15, 0.2) is 0 Å². The molecule has 1 amide bonds. The van der Waals surface area contributed by atoms with Crippen LogP contribution in [0, 0.1) is 5.82 Å². The smallest absolute Gasteiger partial charge is 0.270 e. The lowest BCUT2D eigenvalue weighted by molar-refractivity contribution is 0.0854. The summed E-state index contributed by atoms with van der Waals surface area (Å²) in [5.41, 5.74) is 1.52. The number of hydrogen-bond donors (Lipinski definition) is 1. The average Bonchev–Trinajstić information content (AvgIpc) is 3.49. The van der Waals surface area contributed by atoms with Crippen molar-refractivity contribution in [2.24, 2.45) is 0 Å². The Morgan fingerprint density at radius 2 is 2.19 bits per heavy atom. The van der Waals surface area contributed by atoms with Gasteiger partial charge in [0.2, 0.25) is 0 Å². The van der Waals surface area contributed by atoms with Gasteiger partial charge < -0.3 is 19.5 Å². The molecule has 4 rings (SSSR count). The number of carbonyl (C=O) groups is 1. The molecule has 0 radical (unpaired) electrons. The van der Waals surface area contributed by atoms with Gasteiger partial charge in [0.25, 0.3) is 5.91 Å². The summed E-state index contributed by atoms with van der Waals surface area (Å²) < 4.78 is 31.1. The van der Waals surface area contributed by atoms with Crippen LogP contribution >= 0.6 is 11.3 Å². The van der Waals surface area contributed by atoms with Crippen molar-refractivity contribution >= 4 is 17.2 Å². The van der Waals surface area contributed by atoms with E-state index >= 15 is 0 Å². The molecule has 1 aliphatic rings. The molecule has 1 aromatic heterocycles. The standard InChI is InChI=1S/C23H23FN2O4S/c1-28-16-5-2-4-15(10-16)13-30-17-7-8-19(20(24)11-17)23-26-21(14-31-23)22(27)25-12-18-6-3-9-29-18/h2,4-5,7-8,10-11,14,18H,3,6,9,12-13H2,1H3,(H,25,27)/t18-/m0/s1. The van der Waals surface area contributed by atoms with Crippen LogP contribution in [0.25, 0.3) is 10.6 Å². The number of ether oxygens (including phenoxy) is 3. The van der Waals surface area contributed by atoms with Crippen LogP contribution < -0.4 is 14.8 Å². The SMILES string of the molecule is COc1cccc(COc2ccc(-c3nc(C(=O)NC[C@@H]4CCCO4)cs3)c(F)c2)c1. The molecule has 8 heteroatoms. The molecule has 0 spiro atoms. The number of rotatable bonds is 8. The van der Waals surface area contributed by atoms with Gasteiger partial charge in [-0.1, -0.05) is 12.1 Å². The lowest BCUT2D eigenvalue weighted by Crippen LogP contribution is -2.31. The summed E-state index contributed by atoms with van der Waals surface area (Å²) in [5.74, 6) is 0.414. The molecule has 1 aliphatic heterocycles. The highest BCUT2D eigenvalue weighted by Gasteiger charge is 2.19. The van der Waals surface area contributed by atoms with E-state index in [0.29, 0.717) is 29.5 Å². The van der Waals surface area contributed by atoms with Crippen LogP contribution in [0.1, 0.15) is 28.9 Å². The number of thiazole rings is 1. The molecule has 6 nitrogen and oxygen atoms in total. The highest BCUT2D eigenvalue weighted by molar-refractivity contribution is 7.13. The fourth-order valence-corrected chi connectivity index (χ4v) is 4.12. The Morgan fingerprint density at radius 1 is 1.29 bits per heavy atom. The van der Waals surface area contributed by atoms with Crippen molar-refractivity contribution in [3.8, 4) is 22.1 Å². The second-order valence-corrected chi connectivity index (χ2v) is 8.02. The topological polar surface area (TPSA) is 69.7 Å². The molecule has 0 bridgehead atoms. The van der Waals surface area contributed by atoms with Crippen LogP contribution in [0.15, 0.2) is 47.8 Å². The Labute approximate surface area is 184 Å². The van der Waals surface area contributed by atoms with Crippen LogP contribution in [-0.4, -0.2) is 37.3 Å². The van der Waals surface area contributed by atoms with Crippen molar-refractivity contribution in [1.82, 2.24) is 10.3 Å². The zero-order valence-corrected chi connectivity index (χ0v) is 17.9. The predicted molar refractivity (Wildman–Crippen MR) is 116 cm³/mol. The molecule has 2 aromatic carbocycles. The van der Waals surface area contributed by atoms with Crippen LogP contribution in [0.2, 0.25) is 0 Å². The highest BCUT2D eigenvalue weighted by atomic mass is 32.1. The minimum atomic E-state index is -0.455. The molecule has 3 aromatic rings. The number of benzene rings is 2. The largest absolute Gasteiger partial charge is 0.497 e. The third-order valence-corrected chi connectivity index (χ3v) is 5.84. The first-order valence-electron chi connectivity index (χ1n) is 10.0. The van der Waals surface area contributed by atoms with Crippen molar-refractivity contribution in [3.05, 3.63) is 64.9 Å². The normalized spacial score (nSPS) is 15.6. The number of amides is 1. The predicted octanol–water partition coefficient (Wildman–Crippen LogP) is 4.45. The molecule has 0 saturated carbocycles. The lowest BCUT2D eigenvalue weighted by Gasteiger charge is -2.09. The molecule has 1 fully saturated rings. The molecule has 0 unspecified atom stereocenters. The van der Waals surface area contributed by atoms with Crippen molar-refractivity contribution < 1.29 is 23.4 Å². The average molecular weight is 443 g/mol. The van der Waals surface area contributed by atoms with E-state index < -0.39 is 5.82 Å². The third-order valence-electron chi connectivity index (χ3n) is 4.96. The van der Waals surface area contributed by atoms with Gasteiger partial charge in [-0.3, -0.25) is 4.79 Å². The summed E-state index contributed by atoms with van der Waals surface area (Å²) in [6.45, 7) is 1.49. The van der Waals surface area contributed by atoms with E-state index in [1.165, 1.54) is 17.4 Å². The summed E-state index contributed by atoms with van der Waals surface area (Å²) in [6.07, 6.45) is 2.02. The van der Waals surface area contributed by atoms with E-state index in [-0.39, 0.29) is 17.7 Å². The molecule has 1 saturated heterocycles. The number of methoxy groups -OCH3 is 1. The molecular weight excluding hydrogens is 419 g/mol. The molecular formula is C23H23FN2O4S. The maximum Gasteiger partial charge on any atom is 0.270 e. The number of hydrogen-bond acceptors (Lipinski definition) is 6. The van der Waals surface area contributed by atoms with E-state index in [4.69, 9.17) is 14.2 Å². The summed E-state index contributed by atoms with van der Waals surface area (Å²) in [7, 11) is 1.60. The molecule has 31 heavy (non-hydrogen) atoms. The molecule has 0 aliphatic carbocycles. The number of aromatic nitrogens is 1. The van der Waals surface area contributed by atoms with E-state index in [9.17, 15) is 9.18 Å².